The molecule has 5 heteroatoms. The minimum Gasteiger partial charge on any atom is -0.456 e. The van der Waals surface area contributed by atoms with Gasteiger partial charge in [0.25, 0.3) is 0 Å². The van der Waals surface area contributed by atoms with Crippen molar-refractivity contribution in [3.63, 3.8) is 0 Å². The number of aromatic nitrogens is 4. The third-order valence-electron chi connectivity index (χ3n) is 8.06. The van der Waals surface area contributed by atoms with Crippen molar-refractivity contribution >= 4 is 54.8 Å². The normalized spacial score (nSPS) is 11.7. The number of pyridine rings is 2. The van der Waals surface area contributed by atoms with Crippen LogP contribution in [0.1, 0.15) is 0 Å². The SMILES string of the molecule is c1ccc(-c2ccc3ccc4ccc(-c5nc6ccccc6nc5-c5cccc6oc7ccccc7c56)nc4c3n2)cc1. The van der Waals surface area contributed by atoms with E-state index >= 15 is 0 Å². The van der Waals surface area contributed by atoms with E-state index in [4.69, 9.17) is 24.4 Å². The average Bonchev–Trinajstić information content (AvgIpc) is 3.46. The molecule has 0 amide bonds. The van der Waals surface area contributed by atoms with E-state index in [1.54, 1.807) is 0 Å². The second-order valence-electron chi connectivity index (χ2n) is 10.7. The zero-order valence-corrected chi connectivity index (χ0v) is 22.9. The number of hydrogen-bond acceptors (Lipinski definition) is 5. The summed E-state index contributed by atoms with van der Waals surface area (Å²) in [7, 11) is 0. The minimum absolute atomic E-state index is 0.717. The highest BCUT2D eigenvalue weighted by molar-refractivity contribution is 6.13. The van der Waals surface area contributed by atoms with Gasteiger partial charge in [-0.3, -0.25) is 0 Å². The Morgan fingerprint density at radius 2 is 1.02 bits per heavy atom. The van der Waals surface area contributed by atoms with Crippen molar-refractivity contribution in [2.75, 3.05) is 0 Å². The molecule has 0 aliphatic rings. The van der Waals surface area contributed by atoms with Crippen molar-refractivity contribution in [3.8, 4) is 33.9 Å². The molecular weight excluding hydrogens is 528 g/mol. The van der Waals surface area contributed by atoms with Crippen molar-refractivity contribution in [3.05, 3.63) is 133 Å². The topological polar surface area (TPSA) is 64.7 Å². The molecule has 0 fully saturated rings. The second-order valence-corrected chi connectivity index (χ2v) is 10.7. The third-order valence-corrected chi connectivity index (χ3v) is 8.06. The number of nitrogens with zero attached hydrogens (tertiary/aromatic N) is 4. The van der Waals surface area contributed by atoms with Gasteiger partial charge in [-0.1, -0.05) is 97.1 Å². The fraction of sp³-hybridized carbons (Fsp3) is 0. The molecule has 0 radical (unpaired) electrons. The molecule has 5 nitrogen and oxygen atoms in total. The highest BCUT2D eigenvalue weighted by Crippen LogP contribution is 2.40. The Morgan fingerprint density at radius 1 is 0.419 bits per heavy atom. The first-order valence-corrected chi connectivity index (χ1v) is 14.2. The van der Waals surface area contributed by atoms with Gasteiger partial charge in [0.2, 0.25) is 0 Å². The Bertz CT molecular complexity index is 2520. The Kier molecular flexibility index (Phi) is 5.13. The lowest BCUT2D eigenvalue weighted by Gasteiger charge is -2.12. The van der Waals surface area contributed by atoms with Crippen LogP contribution in [0.25, 0.3) is 88.7 Å². The molecule has 4 aromatic heterocycles. The van der Waals surface area contributed by atoms with Gasteiger partial charge in [0, 0.05) is 32.7 Å². The number of furan rings is 1. The lowest BCUT2D eigenvalue weighted by atomic mass is 10.00. The van der Waals surface area contributed by atoms with Crippen LogP contribution in [0.3, 0.4) is 0 Å². The van der Waals surface area contributed by atoms with E-state index < -0.39 is 0 Å². The van der Waals surface area contributed by atoms with Gasteiger partial charge >= 0.3 is 0 Å². The molecule has 0 unspecified atom stereocenters. The summed E-state index contributed by atoms with van der Waals surface area (Å²) < 4.78 is 6.23. The van der Waals surface area contributed by atoms with Crippen molar-refractivity contribution in [1.82, 2.24) is 19.9 Å². The summed E-state index contributed by atoms with van der Waals surface area (Å²) in [4.78, 5) is 20.7. The zero-order chi connectivity index (χ0) is 28.3. The molecule has 0 aliphatic carbocycles. The Balaban J connectivity index is 1.33. The molecule has 0 atom stereocenters. The first-order valence-electron chi connectivity index (χ1n) is 14.2. The summed E-state index contributed by atoms with van der Waals surface area (Å²) in [5.41, 5.74) is 10.2. The smallest absolute Gasteiger partial charge is 0.136 e. The molecule has 0 saturated heterocycles. The highest BCUT2D eigenvalue weighted by Gasteiger charge is 2.20. The molecule has 200 valence electrons. The minimum atomic E-state index is 0.717. The maximum atomic E-state index is 6.23. The number of benzene rings is 5. The molecule has 0 N–H and O–H groups in total. The lowest BCUT2D eigenvalue weighted by Crippen LogP contribution is -1.98. The zero-order valence-electron chi connectivity index (χ0n) is 22.9. The van der Waals surface area contributed by atoms with Crippen LogP contribution in [0.15, 0.2) is 138 Å². The molecule has 43 heavy (non-hydrogen) atoms. The number of fused-ring (bicyclic) bond motifs is 7. The molecule has 4 heterocycles. The fourth-order valence-corrected chi connectivity index (χ4v) is 6.01. The molecule has 9 aromatic rings. The maximum absolute atomic E-state index is 6.23. The Labute approximate surface area is 246 Å². The van der Waals surface area contributed by atoms with Crippen LogP contribution in [-0.4, -0.2) is 19.9 Å². The van der Waals surface area contributed by atoms with Gasteiger partial charge in [-0.05, 0) is 36.4 Å². The lowest BCUT2D eigenvalue weighted by molar-refractivity contribution is 0.669. The van der Waals surface area contributed by atoms with Gasteiger partial charge in [0.1, 0.15) is 16.9 Å². The molecular formula is C38H22N4O. The standard InChI is InChI=1S/C38H22N4O/c1-2-9-23(10-3-1)28-21-19-24-17-18-25-20-22-31(42-36(25)35(24)39-28)38-37(40-29-13-5-6-14-30(29)41-38)27-12-8-16-33-34(27)26-11-4-7-15-32(26)43-33/h1-22H. The van der Waals surface area contributed by atoms with Gasteiger partial charge in [-0.15, -0.1) is 0 Å². The van der Waals surface area contributed by atoms with Crippen LogP contribution >= 0.6 is 0 Å². The van der Waals surface area contributed by atoms with E-state index in [0.717, 1.165) is 88.7 Å². The number of para-hydroxylation sites is 3. The quantitative estimate of drug-likeness (QED) is 0.205. The molecule has 0 spiro atoms. The summed E-state index contributed by atoms with van der Waals surface area (Å²) in [5, 5.41) is 4.12. The van der Waals surface area contributed by atoms with Crippen molar-refractivity contribution < 1.29 is 4.42 Å². The van der Waals surface area contributed by atoms with E-state index in [9.17, 15) is 0 Å². The largest absolute Gasteiger partial charge is 0.456 e. The van der Waals surface area contributed by atoms with Gasteiger partial charge < -0.3 is 4.42 Å². The third kappa shape index (κ3) is 3.79. The van der Waals surface area contributed by atoms with E-state index in [2.05, 4.69) is 54.6 Å². The summed E-state index contributed by atoms with van der Waals surface area (Å²) in [6, 6.07) is 45.0. The molecule has 9 rings (SSSR count). The highest BCUT2D eigenvalue weighted by atomic mass is 16.3. The fourth-order valence-electron chi connectivity index (χ4n) is 6.01. The predicted molar refractivity (Wildman–Crippen MR) is 174 cm³/mol. The van der Waals surface area contributed by atoms with Crippen LogP contribution in [0.5, 0.6) is 0 Å². The molecule has 0 saturated carbocycles. The van der Waals surface area contributed by atoms with Gasteiger partial charge in [0.05, 0.1) is 39.1 Å². The number of hydrogen-bond donors (Lipinski definition) is 0. The van der Waals surface area contributed by atoms with Crippen molar-refractivity contribution in [2.24, 2.45) is 0 Å². The van der Waals surface area contributed by atoms with E-state index in [0.29, 0.717) is 0 Å². The van der Waals surface area contributed by atoms with Crippen LogP contribution in [0, 0.1) is 0 Å². The van der Waals surface area contributed by atoms with Crippen LogP contribution in [0.4, 0.5) is 0 Å². The Morgan fingerprint density at radius 3 is 1.81 bits per heavy atom. The summed E-state index contributed by atoms with van der Waals surface area (Å²) in [5.74, 6) is 0. The van der Waals surface area contributed by atoms with Crippen molar-refractivity contribution in [1.29, 1.82) is 0 Å². The monoisotopic (exact) mass is 550 g/mol. The first-order chi connectivity index (χ1) is 21.3. The van der Waals surface area contributed by atoms with Crippen molar-refractivity contribution in [2.45, 2.75) is 0 Å². The Hall–Kier alpha value is -5.94. The summed E-state index contributed by atoms with van der Waals surface area (Å²) in [6.45, 7) is 0. The summed E-state index contributed by atoms with van der Waals surface area (Å²) >= 11 is 0. The summed E-state index contributed by atoms with van der Waals surface area (Å²) in [6.07, 6.45) is 0. The number of rotatable bonds is 3. The van der Waals surface area contributed by atoms with Gasteiger partial charge in [-0.25, -0.2) is 19.9 Å². The van der Waals surface area contributed by atoms with Crippen LogP contribution < -0.4 is 0 Å². The van der Waals surface area contributed by atoms with E-state index in [-0.39, 0.29) is 0 Å². The molecule has 0 aliphatic heterocycles. The van der Waals surface area contributed by atoms with Gasteiger partial charge in [-0.2, -0.15) is 0 Å². The van der Waals surface area contributed by atoms with Gasteiger partial charge in [0.15, 0.2) is 0 Å². The van der Waals surface area contributed by atoms with E-state index in [1.165, 1.54) is 0 Å². The maximum Gasteiger partial charge on any atom is 0.136 e. The first kappa shape index (κ1) is 23.7. The van der Waals surface area contributed by atoms with Crippen LogP contribution in [0.2, 0.25) is 0 Å². The average molecular weight is 551 g/mol. The second kappa shape index (κ2) is 9.29. The van der Waals surface area contributed by atoms with Crippen LogP contribution in [-0.2, 0) is 0 Å². The molecule has 0 bridgehead atoms. The van der Waals surface area contributed by atoms with E-state index in [1.807, 2.05) is 78.9 Å². The molecule has 5 aromatic carbocycles. The predicted octanol–water partition coefficient (Wildman–Crippen LogP) is 9.63.